The van der Waals surface area contributed by atoms with Crippen LogP contribution >= 0.6 is 0 Å². The molecule has 0 fully saturated rings. The second-order valence-corrected chi connectivity index (χ2v) is 4.74. The molecule has 0 radical (unpaired) electrons. The number of nitrogens with zero attached hydrogens (tertiary/aromatic N) is 3. The van der Waals surface area contributed by atoms with Crippen molar-refractivity contribution in [2.45, 2.75) is 39.5 Å². The van der Waals surface area contributed by atoms with Gasteiger partial charge >= 0.3 is 0 Å². The van der Waals surface area contributed by atoms with Crippen LogP contribution in [0.5, 0.6) is 0 Å². The molecule has 2 aromatic rings. The number of nitrogen functional groups attached to an aromatic ring is 1. The molecule has 0 unspecified atom stereocenters. The molecule has 0 saturated heterocycles. The zero-order valence-electron chi connectivity index (χ0n) is 10.2. The molecule has 0 aromatic carbocycles. The normalized spacial score (nSPS) is 11.9. The lowest BCUT2D eigenvalue weighted by Crippen LogP contribution is -2.03. The van der Waals surface area contributed by atoms with Crippen LogP contribution < -0.4 is 5.73 Å². The van der Waals surface area contributed by atoms with Crippen molar-refractivity contribution >= 4 is 11.3 Å². The lowest BCUT2D eigenvalue weighted by Gasteiger charge is -2.05. The predicted molar refractivity (Wildman–Crippen MR) is 65.6 cm³/mol. The number of hydrogen-bond donors (Lipinski definition) is 1. The maximum atomic E-state index is 5.94. The van der Waals surface area contributed by atoms with Gasteiger partial charge in [-0.1, -0.05) is 27.7 Å². The van der Waals surface area contributed by atoms with Crippen molar-refractivity contribution in [3.05, 3.63) is 23.7 Å². The number of fused-ring (bicyclic) bond motifs is 1. The van der Waals surface area contributed by atoms with E-state index in [0.717, 1.165) is 5.52 Å². The molecule has 0 atom stereocenters. The first-order chi connectivity index (χ1) is 7.52. The molecular formula is C12H18N4. The quantitative estimate of drug-likeness (QED) is 0.842. The van der Waals surface area contributed by atoms with Gasteiger partial charge in [-0.05, 0) is 23.5 Å². The van der Waals surface area contributed by atoms with Crippen LogP contribution in [0.25, 0.3) is 5.52 Å². The van der Waals surface area contributed by atoms with Gasteiger partial charge in [-0.3, -0.25) is 0 Å². The summed E-state index contributed by atoms with van der Waals surface area (Å²) in [4.78, 5) is 4.07. The minimum atomic E-state index is 0.425. The highest BCUT2D eigenvalue weighted by atomic mass is 15.3. The summed E-state index contributed by atoms with van der Waals surface area (Å²) in [5, 5.41) is 4.29. The Labute approximate surface area is 95.5 Å². The van der Waals surface area contributed by atoms with Gasteiger partial charge in [-0.25, -0.2) is 9.50 Å². The van der Waals surface area contributed by atoms with E-state index < -0.39 is 0 Å². The molecular weight excluding hydrogens is 200 g/mol. The fourth-order valence-corrected chi connectivity index (χ4v) is 1.97. The zero-order chi connectivity index (χ0) is 11.9. The first-order valence-electron chi connectivity index (χ1n) is 5.64. The molecule has 0 spiro atoms. The molecule has 0 amide bonds. The third-order valence-electron chi connectivity index (χ3n) is 2.85. The monoisotopic (exact) mass is 218 g/mol. The highest BCUT2D eigenvalue weighted by Gasteiger charge is 2.17. The lowest BCUT2D eigenvalue weighted by molar-refractivity contribution is 0.752. The fraction of sp³-hybridized carbons (Fsp3) is 0.500. The van der Waals surface area contributed by atoms with Gasteiger partial charge in [0, 0.05) is 5.69 Å². The molecule has 2 heterocycles. The number of anilines is 1. The van der Waals surface area contributed by atoms with Crippen molar-refractivity contribution in [2.75, 3.05) is 5.73 Å². The maximum absolute atomic E-state index is 5.94. The van der Waals surface area contributed by atoms with Crippen LogP contribution in [0.3, 0.4) is 0 Å². The molecule has 86 valence electrons. The lowest BCUT2D eigenvalue weighted by atomic mass is 10.0. The SMILES string of the molecule is CC(C)c1cc(C(C)C)n2ncnc(N)c12. The van der Waals surface area contributed by atoms with E-state index in [1.54, 1.807) is 0 Å². The Bertz CT molecular complexity index is 511. The van der Waals surface area contributed by atoms with E-state index in [9.17, 15) is 0 Å². The van der Waals surface area contributed by atoms with E-state index in [0.29, 0.717) is 17.7 Å². The van der Waals surface area contributed by atoms with Gasteiger partial charge in [-0.15, -0.1) is 0 Å². The van der Waals surface area contributed by atoms with Crippen LogP contribution in [-0.2, 0) is 0 Å². The number of rotatable bonds is 2. The molecule has 0 saturated carbocycles. The van der Waals surface area contributed by atoms with E-state index in [4.69, 9.17) is 5.73 Å². The van der Waals surface area contributed by atoms with Crippen LogP contribution in [0.2, 0.25) is 0 Å². The summed E-state index contributed by atoms with van der Waals surface area (Å²) >= 11 is 0. The summed E-state index contributed by atoms with van der Waals surface area (Å²) in [6.45, 7) is 8.63. The minimum absolute atomic E-state index is 0.425. The van der Waals surface area contributed by atoms with Crippen molar-refractivity contribution in [1.29, 1.82) is 0 Å². The standard InChI is InChI=1S/C12H18N4/c1-7(2)9-5-10(8(3)4)16-11(9)12(13)14-6-15-16/h5-8H,1-4H3,(H2,13,14,15). The van der Waals surface area contributed by atoms with Crippen LogP contribution in [0.15, 0.2) is 12.4 Å². The van der Waals surface area contributed by atoms with Crippen LogP contribution in [-0.4, -0.2) is 14.6 Å². The Hall–Kier alpha value is -1.58. The summed E-state index contributed by atoms with van der Waals surface area (Å²) in [6, 6.07) is 2.19. The second-order valence-electron chi connectivity index (χ2n) is 4.74. The molecule has 16 heavy (non-hydrogen) atoms. The molecule has 2 rings (SSSR count). The fourth-order valence-electron chi connectivity index (χ4n) is 1.97. The molecule has 4 nitrogen and oxygen atoms in total. The van der Waals surface area contributed by atoms with Gasteiger partial charge in [0.2, 0.25) is 0 Å². The summed E-state index contributed by atoms with van der Waals surface area (Å²) in [5.74, 6) is 1.41. The molecule has 0 aliphatic rings. The molecule has 4 heteroatoms. The molecule has 2 N–H and O–H groups in total. The van der Waals surface area contributed by atoms with E-state index >= 15 is 0 Å². The third kappa shape index (κ3) is 1.54. The minimum Gasteiger partial charge on any atom is -0.382 e. The Kier molecular flexibility index (Phi) is 2.58. The molecule has 0 aliphatic carbocycles. The third-order valence-corrected chi connectivity index (χ3v) is 2.85. The molecule has 0 aliphatic heterocycles. The summed E-state index contributed by atoms with van der Waals surface area (Å²) in [5.41, 5.74) is 9.31. The van der Waals surface area contributed by atoms with Gasteiger partial charge in [0.1, 0.15) is 11.8 Å². The number of hydrogen-bond acceptors (Lipinski definition) is 3. The Morgan fingerprint density at radius 1 is 1.19 bits per heavy atom. The van der Waals surface area contributed by atoms with Gasteiger partial charge in [-0.2, -0.15) is 5.10 Å². The smallest absolute Gasteiger partial charge is 0.151 e. The van der Waals surface area contributed by atoms with Crippen molar-refractivity contribution in [3.8, 4) is 0 Å². The largest absolute Gasteiger partial charge is 0.382 e. The molecule has 2 aromatic heterocycles. The number of nitrogens with two attached hydrogens (primary N) is 1. The van der Waals surface area contributed by atoms with E-state index in [-0.39, 0.29) is 0 Å². The topological polar surface area (TPSA) is 56.2 Å². The first-order valence-corrected chi connectivity index (χ1v) is 5.64. The Morgan fingerprint density at radius 3 is 2.44 bits per heavy atom. The summed E-state index contributed by atoms with van der Waals surface area (Å²) in [6.07, 6.45) is 1.51. The van der Waals surface area contributed by atoms with Gasteiger partial charge in [0.05, 0.1) is 0 Å². The van der Waals surface area contributed by atoms with Crippen molar-refractivity contribution in [3.63, 3.8) is 0 Å². The zero-order valence-corrected chi connectivity index (χ0v) is 10.2. The highest BCUT2D eigenvalue weighted by molar-refractivity contribution is 5.71. The van der Waals surface area contributed by atoms with Gasteiger partial charge in [0.15, 0.2) is 5.82 Å². The first kappa shape index (κ1) is 10.9. The van der Waals surface area contributed by atoms with Crippen LogP contribution in [0.4, 0.5) is 5.82 Å². The van der Waals surface area contributed by atoms with Crippen molar-refractivity contribution < 1.29 is 0 Å². The van der Waals surface area contributed by atoms with E-state index in [1.807, 2.05) is 4.52 Å². The highest BCUT2D eigenvalue weighted by Crippen LogP contribution is 2.29. The van der Waals surface area contributed by atoms with E-state index in [1.165, 1.54) is 17.6 Å². The summed E-state index contributed by atoms with van der Waals surface area (Å²) in [7, 11) is 0. The summed E-state index contributed by atoms with van der Waals surface area (Å²) < 4.78 is 1.92. The second kappa shape index (κ2) is 3.77. The average Bonchev–Trinajstić information content (AvgIpc) is 2.58. The van der Waals surface area contributed by atoms with Gasteiger partial charge in [0.25, 0.3) is 0 Å². The average molecular weight is 218 g/mol. The van der Waals surface area contributed by atoms with Crippen molar-refractivity contribution in [1.82, 2.24) is 14.6 Å². The van der Waals surface area contributed by atoms with Crippen molar-refractivity contribution in [2.24, 2.45) is 0 Å². The number of aromatic nitrogens is 3. The van der Waals surface area contributed by atoms with Crippen LogP contribution in [0, 0.1) is 0 Å². The maximum Gasteiger partial charge on any atom is 0.151 e. The molecule has 0 bridgehead atoms. The van der Waals surface area contributed by atoms with E-state index in [2.05, 4.69) is 43.8 Å². The van der Waals surface area contributed by atoms with Crippen LogP contribution in [0.1, 0.15) is 50.8 Å². The predicted octanol–water partition coefficient (Wildman–Crippen LogP) is 2.56. The van der Waals surface area contributed by atoms with Gasteiger partial charge < -0.3 is 5.73 Å². The Balaban J connectivity index is 2.82. The Morgan fingerprint density at radius 2 is 1.88 bits per heavy atom.